The first-order valence-corrected chi connectivity index (χ1v) is 4.28. The van der Waals surface area contributed by atoms with Crippen molar-refractivity contribution in [2.75, 3.05) is 5.75 Å². The zero-order chi connectivity index (χ0) is 7.49. The van der Waals surface area contributed by atoms with E-state index in [1.165, 1.54) is 6.42 Å². The summed E-state index contributed by atoms with van der Waals surface area (Å²) in [5.74, 6) is 1.78. The highest BCUT2D eigenvalue weighted by molar-refractivity contribution is 7.80. The van der Waals surface area contributed by atoms with Crippen LogP contribution >= 0.6 is 12.6 Å². The Hall–Kier alpha value is 0.350. The molecule has 0 heterocycles. The summed E-state index contributed by atoms with van der Waals surface area (Å²) in [7, 11) is 0. The summed E-state index contributed by atoms with van der Waals surface area (Å²) in [4.78, 5) is 0. The average Bonchev–Trinajstić information content (AvgIpc) is 1.86. The lowest BCUT2D eigenvalue weighted by molar-refractivity contribution is 0.262. The van der Waals surface area contributed by atoms with Crippen molar-refractivity contribution in [3.8, 4) is 0 Å². The number of hydrogen-bond donors (Lipinski definition) is 1. The molecule has 0 aliphatic heterocycles. The van der Waals surface area contributed by atoms with Gasteiger partial charge in [-0.1, -0.05) is 34.1 Å². The molecule has 0 aliphatic rings. The van der Waals surface area contributed by atoms with Gasteiger partial charge in [-0.25, -0.2) is 0 Å². The lowest BCUT2D eigenvalue weighted by atomic mass is 9.80. The van der Waals surface area contributed by atoms with Gasteiger partial charge in [-0.2, -0.15) is 12.6 Å². The zero-order valence-electron chi connectivity index (χ0n) is 6.94. The second kappa shape index (κ2) is 3.50. The summed E-state index contributed by atoms with van der Waals surface area (Å²) >= 11 is 4.29. The molecule has 0 aromatic heterocycles. The van der Waals surface area contributed by atoms with E-state index in [0.29, 0.717) is 5.41 Å². The predicted molar refractivity (Wildman–Crippen MR) is 47.1 cm³/mol. The van der Waals surface area contributed by atoms with E-state index in [1.54, 1.807) is 0 Å². The number of hydrogen-bond acceptors (Lipinski definition) is 1. The summed E-state index contributed by atoms with van der Waals surface area (Å²) in [6.45, 7) is 9.06. The molecule has 0 fully saturated rings. The number of thiol groups is 1. The maximum absolute atomic E-state index is 4.29. The van der Waals surface area contributed by atoms with Crippen LogP contribution < -0.4 is 0 Å². The molecule has 0 aromatic carbocycles. The third-order valence-corrected chi connectivity index (χ3v) is 3.17. The van der Waals surface area contributed by atoms with Crippen LogP contribution in [0.2, 0.25) is 0 Å². The molecule has 9 heavy (non-hydrogen) atoms. The van der Waals surface area contributed by atoms with Gasteiger partial charge in [0, 0.05) is 0 Å². The minimum absolute atomic E-state index is 0.415. The SMILES string of the molecule is CCC(C)C(C)(C)CS. The van der Waals surface area contributed by atoms with E-state index in [0.717, 1.165) is 11.7 Å². The third-order valence-electron chi connectivity index (χ3n) is 2.35. The van der Waals surface area contributed by atoms with E-state index in [4.69, 9.17) is 0 Å². The molecule has 0 aliphatic carbocycles. The van der Waals surface area contributed by atoms with E-state index in [1.807, 2.05) is 0 Å². The molecule has 0 N–H and O–H groups in total. The van der Waals surface area contributed by atoms with Gasteiger partial charge in [0.05, 0.1) is 0 Å². The Balaban J connectivity index is 3.80. The van der Waals surface area contributed by atoms with Crippen LogP contribution in [0.5, 0.6) is 0 Å². The molecule has 1 unspecified atom stereocenters. The van der Waals surface area contributed by atoms with Crippen molar-refractivity contribution in [3.05, 3.63) is 0 Å². The fourth-order valence-electron chi connectivity index (χ4n) is 0.708. The van der Waals surface area contributed by atoms with E-state index in [2.05, 4.69) is 40.3 Å². The van der Waals surface area contributed by atoms with Gasteiger partial charge in [0.25, 0.3) is 0 Å². The minimum Gasteiger partial charge on any atom is -0.179 e. The Morgan fingerprint density at radius 2 is 1.89 bits per heavy atom. The molecule has 0 rings (SSSR count). The van der Waals surface area contributed by atoms with Crippen LogP contribution in [0.3, 0.4) is 0 Å². The molecule has 0 radical (unpaired) electrons. The number of rotatable bonds is 3. The van der Waals surface area contributed by atoms with Crippen molar-refractivity contribution >= 4 is 12.6 Å². The van der Waals surface area contributed by atoms with Gasteiger partial charge in [-0.05, 0) is 17.1 Å². The van der Waals surface area contributed by atoms with Gasteiger partial charge in [-0.15, -0.1) is 0 Å². The Bertz CT molecular complexity index is 76.6. The second-order valence-electron chi connectivity index (χ2n) is 3.46. The van der Waals surface area contributed by atoms with Gasteiger partial charge >= 0.3 is 0 Å². The lowest BCUT2D eigenvalue weighted by Gasteiger charge is -2.28. The summed E-state index contributed by atoms with van der Waals surface area (Å²) in [6, 6.07) is 0. The van der Waals surface area contributed by atoms with Crippen LogP contribution in [0.1, 0.15) is 34.1 Å². The van der Waals surface area contributed by atoms with Crippen molar-refractivity contribution in [1.29, 1.82) is 0 Å². The Kier molecular flexibility index (Phi) is 3.64. The summed E-state index contributed by atoms with van der Waals surface area (Å²) in [5, 5.41) is 0. The molecule has 0 bridgehead atoms. The molecule has 1 heteroatoms. The van der Waals surface area contributed by atoms with Crippen molar-refractivity contribution in [2.45, 2.75) is 34.1 Å². The topological polar surface area (TPSA) is 0 Å². The fourth-order valence-corrected chi connectivity index (χ4v) is 1.02. The molecule has 0 spiro atoms. The molecule has 0 saturated carbocycles. The molecular formula is C8H18S. The first kappa shape index (κ1) is 9.35. The highest BCUT2D eigenvalue weighted by Crippen LogP contribution is 2.29. The molecule has 56 valence electrons. The van der Waals surface area contributed by atoms with Crippen molar-refractivity contribution in [3.63, 3.8) is 0 Å². The largest absolute Gasteiger partial charge is 0.179 e. The highest BCUT2D eigenvalue weighted by atomic mass is 32.1. The zero-order valence-corrected chi connectivity index (χ0v) is 7.83. The predicted octanol–water partition coefficient (Wildman–Crippen LogP) is 2.99. The third kappa shape index (κ3) is 2.61. The summed E-state index contributed by atoms with van der Waals surface area (Å²) in [5.41, 5.74) is 0.415. The summed E-state index contributed by atoms with van der Waals surface area (Å²) < 4.78 is 0. The normalized spacial score (nSPS) is 15.7. The first-order valence-electron chi connectivity index (χ1n) is 3.65. The Morgan fingerprint density at radius 1 is 1.44 bits per heavy atom. The van der Waals surface area contributed by atoms with E-state index in [9.17, 15) is 0 Å². The van der Waals surface area contributed by atoms with Crippen LogP contribution in [0.25, 0.3) is 0 Å². The maximum Gasteiger partial charge on any atom is -0.00439 e. The van der Waals surface area contributed by atoms with Gasteiger partial charge in [0.2, 0.25) is 0 Å². The lowest BCUT2D eigenvalue weighted by Crippen LogP contribution is -2.22. The van der Waals surface area contributed by atoms with E-state index < -0.39 is 0 Å². The smallest absolute Gasteiger partial charge is 0.00439 e. The van der Waals surface area contributed by atoms with Gasteiger partial charge in [0.15, 0.2) is 0 Å². The first-order chi connectivity index (χ1) is 4.04. The van der Waals surface area contributed by atoms with Crippen LogP contribution in [-0.2, 0) is 0 Å². The summed E-state index contributed by atoms with van der Waals surface area (Å²) in [6.07, 6.45) is 1.26. The van der Waals surface area contributed by atoms with Crippen LogP contribution in [0.4, 0.5) is 0 Å². The van der Waals surface area contributed by atoms with Gasteiger partial charge < -0.3 is 0 Å². The van der Waals surface area contributed by atoms with Crippen LogP contribution in [0, 0.1) is 11.3 Å². The van der Waals surface area contributed by atoms with Crippen LogP contribution in [0.15, 0.2) is 0 Å². The van der Waals surface area contributed by atoms with E-state index in [-0.39, 0.29) is 0 Å². The second-order valence-corrected chi connectivity index (χ2v) is 3.77. The van der Waals surface area contributed by atoms with Crippen molar-refractivity contribution < 1.29 is 0 Å². The highest BCUT2D eigenvalue weighted by Gasteiger charge is 2.21. The van der Waals surface area contributed by atoms with Crippen molar-refractivity contribution in [2.24, 2.45) is 11.3 Å². The van der Waals surface area contributed by atoms with Crippen LogP contribution in [-0.4, -0.2) is 5.75 Å². The standard InChI is InChI=1S/C8H18S/c1-5-7(2)8(3,4)6-9/h7,9H,5-6H2,1-4H3. The molecule has 0 amide bonds. The maximum atomic E-state index is 4.29. The fraction of sp³-hybridized carbons (Fsp3) is 1.00. The molecule has 1 atom stereocenters. The van der Waals surface area contributed by atoms with Crippen molar-refractivity contribution in [1.82, 2.24) is 0 Å². The molecular weight excluding hydrogens is 128 g/mol. The molecule has 0 aromatic rings. The Labute approximate surface area is 64.4 Å². The van der Waals surface area contributed by atoms with E-state index >= 15 is 0 Å². The molecule has 0 saturated heterocycles. The minimum atomic E-state index is 0.415. The van der Waals surface area contributed by atoms with Gasteiger partial charge in [-0.3, -0.25) is 0 Å². The Morgan fingerprint density at radius 3 is 2.00 bits per heavy atom. The average molecular weight is 146 g/mol. The van der Waals surface area contributed by atoms with Gasteiger partial charge in [0.1, 0.15) is 0 Å². The molecule has 0 nitrogen and oxygen atoms in total. The monoisotopic (exact) mass is 146 g/mol. The quantitative estimate of drug-likeness (QED) is 0.581.